The Morgan fingerprint density at radius 1 is 1.04 bits per heavy atom. The van der Waals surface area contributed by atoms with Crippen molar-refractivity contribution in [2.75, 3.05) is 0 Å². The van der Waals surface area contributed by atoms with E-state index < -0.39 is 29.6 Å². The zero-order chi connectivity index (χ0) is 19.6. The molecule has 0 amide bonds. The first-order chi connectivity index (χ1) is 12.7. The van der Waals surface area contributed by atoms with Crippen molar-refractivity contribution in [1.82, 2.24) is 10.2 Å². The lowest BCUT2D eigenvalue weighted by atomic mass is 10.1. The highest BCUT2D eigenvalue weighted by atomic mass is 19.4. The summed E-state index contributed by atoms with van der Waals surface area (Å²) in [6.45, 7) is 1.48. The van der Waals surface area contributed by atoms with Gasteiger partial charge in [-0.25, -0.2) is 9.18 Å². The van der Waals surface area contributed by atoms with Crippen LogP contribution in [0.2, 0.25) is 0 Å². The summed E-state index contributed by atoms with van der Waals surface area (Å²) in [4.78, 5) is 12.1. The van der Waals surface area contributed by atoms with Gasteiger partial charge in [0.15, 0.2) is 6.10 Å². The van der Waals surface area contributed by atoms with Gasteiger partial charge in [0.05, 0.1) is 11.1 Å². The molecular weight excluding hydrogens is 368 g/mol. The molecule has 0 aliphatic heterocycles. The minimum atomic E-state index is -4.49. The Balaban J connectivity index is 1.69. The third kappa shape index (κ3) is 4.30. The summed E-state index contributed by atoms with van der Waals surface area (Å²) in [6, 6.07) is 8.99. The molecule has 9 heteroatoms. The quantitative estimate of drug-likeness (QED) is 0.480. The molecule has 0 aliphatic rings. The SMILES string of the molecule is C[C@H](OC(=O)c1ccc(C(F)(F)F)cc1)c1nnc(-c2ccc(F)cc2)o1. The molecule has 2 aromatic carbocycles. The number of hydrogen-bond donors (Lipinski definition) is 0. The number of benzene rings is 2. The molecule has 3 aromatic rings. The molecule has 140 valence electrons. The van der Waals surface area contributed by atoms with E-state index in [-0.39, 0.29) is 17.3 Å². The number of alkyl halides is 3. The molecule has 0 saturated carbocycles. The average molecular weight is 380 g/mol. The molecule has 0 bridgehead atoms. The van der Waals surface area contributed by atoms with Crippen LogP contribution < -0.4 is 0 Å². The van der Waals surface area contributed by atoms with Crippen LogP contribution in [-0.2, 0) is 10.9 Å². The maximum absolute atomic E-state index is 12.9. The Morgan fingerprint density at radius 3 is 2.26 bits per heavy atom. The number of esters is 1. The molecule has 0 radical (unpaired) electrons. The second-order valence-corrected chi connectivity index (χ2v) is 5.57. The van der Waals surface area contributed by atoms with Crippen LogP contribution in [0, 0.1) is 5.82 Å². The fourth-order valence-electron chi connectivity index (χ4n) is 2.18. The highest BCUT2D eigenvalue weighted by Crippen LogP contribution is 2.29. The summed E-state index contributed by atoms with van der Waals surface area (Å²) in [5.41, 5.74) is -0.433. The van der Waals surface area contributed by atoms with Gasteiger partial charge in [-0.1, -0.05) is 0 Å². The molecule has 1 atom stereocenters. The second kappa shape index (κ2) is 7.18. The number of rotatable bonds is 4. The lowest BCUT2D eigenvalue weighted by Crippen LogP contribution is -2.11. The highest BCUT2D eigenvalue weighted by molar-refractivity contribution is 5.89. The predicted molar refractivity (Wildman–Crippen MR) is 85.0 cm³/mol. The summed E-state index contributed by atoms with van der Waals surface area (Å²) in [7, 11) is 0. The number of hydrogen-bond acceptors (Lipinski definition) is 5. The van der Waals surface area contributed by atoms with Crippen molar-refractivity contribution in [3.63, 3.8) is 0 Å². The zero-order valence-corrected chi connectivity index (χ0v) is 13.8. The van der Waals surface area contributed by atoms with Crippen molar-refractivity contribution in [3.05, 3.63) is 71.4 Å². The summed E-state index contributed by atoms with van der Waals surface area (Å²) in [5, 5.41) is 7.57. The van der Waals surface area contributed by atoms with Gasteiger partial charge in [-0.3, -0.25) is 0 Å². The number of carbonyl (C=O) groups excluding carboxylic acids is 1. The molecular formula is C18H12F4N2O3. The minimum Gasteiger partial charge on any atom is -0.449 e. The Kier molecular flexibility index (Phi) is 4.93. The van der Waals surface area contributed by atoms with E-state index in [1.807, 2.05) is 0 Å². The summed E-state index contributed by atoms with van der Waals surface area (Å²) in [5.74, 6) is -1.15. The molecule has 1 heterocycles. The molecule has 0 N–H and O–H groups in total. The van der Waals surface area contributed by atoms with E-state index in [9.17, 15) is 22.4 Å². The molecule has 0 spiro atoms. The van der Waals surface area contributed by atoms with Crippen molar-refractivity contribution < 1.29 is 31.5 Å². The molecule has 5 nitrogen and oxygen atoms in total. The Labute approximate surface area is 150 Å². The van der Waals surface area contributed by atoms with Gasteiger partial charge in [-0.2, -0.15) is 13.2 Å². The third-order valence-electron chi connectivity index (χ3n) is 3.61. The van der Waals surface area contributed by atoms with Gasteiger partial charge in [0.2, 0.25) is 5.89 Å². The second-order valence-electron chi connectivity index (χ2n) is 5.57. The maximum Gasteiger partial charge on any atom is 0.416 e. The maximum atomic E-state index is 12.9. The van der Waals surface area contributed by atoms with Crippen molar-refractivity contribution >= 4 is 5.97 Å². The van der Waals surface area contributed by atoms with Crippen molar-refractivity contribution in [3.8, 4) is 11.5 Å². The molecule has 0 saturated heterocycles. The smallest absolute Gasteiger partial charge is 0.416 e. The van der Waals surface area contributed by atoms with Gasteiger partial charge in [-0.05, 0) is 55.5 Å². The summed E-state index contributed by atoms with van der Waals surface area (Å²) < 4.78 is 61.1. The molecule has 1 aromatic heterocycles. The first-order valence-corrected chi connectivity index (χ1v) is 7.71. The van der Waals surface area contributed by atoms with Crippen LogP contribution in [-0.4, -0.2) is 16.2 Å². The first-order valence-electron chi connectivity index (χ1n) is 7.71. The van der Waals surface area contributed by atoms with E-state index in [1.165, 1.54) is 31.2 Å². The molecule has 0 fully saturated rings. The van der Waals surface area contributed by atoms with Gasteiger partial charge in [0, 0.05) is 5.56 Å². The van der Waals surface area contributed by atoms with E-state index in [0.717, 1.165) is 24.3 Å². The van der Waals surface area contributed by atoms with Gasteiger partial charge in [-0.15, -0.1) is 10.2 Å². The van der Waals surface area contributed by atoms with Crippen LogP contribution in [0.5, 0.6) is 0 Å². The van der Waals surface area contributed by atoms with Gasteiger partial charge in [0.25, 0.3) is 5.89 Å². The molecule has 0 aliphatic carbocycles. The van der Waals surface area contributed by atoms with Crippen LogP contribution in [0.1, 0.15) is 34.8 Å². The van der Waals surface area contributed by atoms with Crippen LogP contribution in [0.4, 0.5) is 17.6 Å². The Hall–Kier alpha value is -3.23. The fourth-order valence-corrected chi connectivity index (χ4v) is 2.18. The lowest BCUT2D eigenvalue weighted by molar-refractivity contribution is -0.137. The fraction of sp³-hybridized carbons (Fsp3) is 0.167. The van der Waals surface area contributed by atoms with Crippen LogP contribution in [0.3, 0.4) is 0 Å². The number of ether oxygens (including phenoxy) is 1. The Bertz CT molecular complexity index is 934. The first kappa shape index (κ1) is 18.6. The third-order valence-corrected chi connectivity index (χ3v) is 3.61. The summed E-state index contributed by atoms with van der Waals surface area (Å²) in [6.07, 6.45) is -5.42. The lowest BCUT2D eigenvalue weighted by Gasteiger charge is -2.10. The zero-order valence-electron chi connectivity index (χ0n) is 13.8. The van der Waals surface area contributed by atoms with Crippen molar-refractivity contribution in [2.24, 2.45) is 0 Å². The highest BCUT2D eigenvalue weighted by Gasteiger charge is 2.30. The number of aromatic nitrogens is 2. The molecule has 3 rings (SSSR count). The van der Waals surface area contributed by atoms with Crippen molar-refractivity contribution in [1.29, 1.82) is 0 Å². The van der Waals surface area contributed by atoms with Crippen LogP contribution in [0.25, 0.3) is 11.5 Å². The largest absolute Gasteiger partial charge is 0.449 e. The topological polar surface area (TPSA) is 65.2 Å². The number of carbonyl (C=O) groups is 1. The van der Waals surface area contributed by atoms with Crippen molar-refractivity contribution in [2.45, 2.75) is 19.2 Å². The predicted octanol–water partition coefficient (Wildman–Crippen LogP) is 4.81. The number of nitrogens with zero attached hydrogens (tertiary/aromatic N) is 2. The minimum absolute atomic E-state index is 0.00501. The molecule has 27 heavy (non-hydrogen) atoms. The summed E-state index contributed by atoms with van der Waals surface area (Å²) >= 11 is 0. The van der Waals surface area contributed by atoms with E-state index in [4.69, 9.17) is 9.15 Å². The average Bonchev–Trinajstić information content (AvgIpc) is 3.12. The van der Waals surface area contributed by atoms with Crippen LogP contribution in [0.15, 0.2) is 52.9 Å². The van der Waals surface area contributed by atoms with E-state index in [1.54, 1.807) is 0 Å². The van der Waals surface area contributed by atoms with E-state index in [0.29, 0.717) is 5.56 Å². The Morgan fingerprint density at radius 2 is 1.67 bits per heavy atom. The van der Waals surface area contributed by atoms with E-state index in [2.05, 4.69) is 10.2 Å². The van der Waals surface area contributed by atoms with E-state index >= 15 is 0 Å². The van der Waals surface area contributed by atoms with Crippen LogP contribution >= 0.6 is 0 Å². The number of halogens is 4. The monoisotopic (exact) mass is 380 g/mol. The van der Waals surface area contributed by atoms with Gasteiger partial charge in [0.1, 0.15) is 5.82 Å². The normalized spacial score (nSPS) is 12.6. The molecule has 0 unspecified atom stereocenters. The van der Waals surface area contributed by atoms with Gasteiger partial charge < -0.3 is 9.15 Å². The van der Waals surface area contributed by atoms with Gasteiger partial charge >= 0.3 is 12.1 Å². The standard InChI is InChI=1S/C18H12F4N2O3/c1-10(15-23-24-16(27-15)11-4-8-14(19)9-5-11)26-17(25)12-2-6-13(7-3-12)18(20,21)22/h2-10H,1H3/t10-/m0/s1.